The molecule has 7 rings (SSSR count). The van der Waals surface area contributed by atoms with Gasteiger partial charge in [0.15, 0.2) is 11.5 Å². The lowest BCUT2D eigenvalue weighted by atomic mass is 10.0. The molecule has 45 heavy (non-hydrogen) atoms. The van der Waals surface area contributed by atoms with E-state index in [1.54, 1.807) is 30.7 Å². The van der Waals surface area contributed by atoms with Gasteiger partial charge in [0, 0.05) is 41.4 Å². The highest BCUT2D eigenvalue weighted by molar-refractivity contribution is 7.88. The van der Waals surface area contributed by atoms with Crippen molar-refractivity contribution in [2.24, 2.45) is 5.92 Å². The van der Waals surface area contributed by atoms with Crippen LogP contribution in [0, 0.1) is 11.7 Å². The fraction of sp³-hybridized carbons (Fsp3) is 0.219. The number of nitrogens with zero attached hydrogens (tertiary/aromatic N) is 4. The Morgan fingerprint density at radius 1 is 1.02 bits per heavy atom. The summed E-state index contributed by atoms with van der Waals surface area (Å²) in [5, 5.41) is 11.4. The first kappa shape index (κ1) is 28.7. The minimum atomic E-state index is -3.45. The molecule has 0 radical (unpaired) electrons. The molecule has 0 unspecified atom stereocenters. The molecule has 1 saturated carbocycles. The molecular formula is C32H29FN8O3S. The van der Waals surface area contributed by atoms with Crippen LogP contribution in [0.1, 0.15) is 31.2 Å². The highest BCUT2D eigenvalue weighted by Crippen LogP contribution is 2.34. The molecule has 11 nitrogen and oxygen atoms in total. The minimum Gasteiger partial charge on any atom is -0.324 e. The lowest BCUT2D eigenvalue weighted by Crippen LogP contribution is -2.21. The van der Waals surface area contributed by atoms with E-state index in [2.05, 4.69) is 35.2 Å². The summed E-state index contributed by atoms with van der Waals surface area (Å²) in [5.74, 6) is 0.0644. The molecule has 0 bridgehead atoms. The van der Waals surface area contributed by atoms with Gasteiger partial charge in [-0.2, -0.15) is 5.10 Å². The fourth-order valence-electron chi connectivity index (χ4n) is 5.85. The third-order valence-electron chi connectivity index (χ3n) is 8.04. The van der Waals surface area contributed by atoms with Crippen LogP contribution in [-0.4, -0.2) is 50.7 Å². The number of hydrogen-bond donors (Lipinski definition) is 4. The number of amides is 1. The zero-order valence-corrected chi connectivity index (χ0v) is 25.1. The van der Waals surface area contributed by atoms with E-state index in [-0.39, 0.29) is 18.4 Å². The van der Waals surface area contributed by atoms with Crippen LogP contribution in [0.15, 0.2) is 67.1 Å². The minimum absolute atomic E-state index is 0.0388. The van der Waals surface area contributed by atoms with Crippen molar-refractivity contribution < 1.29 is 17.6 Å². The maximum absolute atomic E-state index is 14.6. The van der Waals surface area contributed by atoms with Crippen LogP contribution < -0.4 is 10.0 Å². The number of carbonyl (C=O) groups excluding carboxylic acids is 1. The van der Waals surface area contributed by atoms with Crippen LogP contribution >= 0.6 is 0 Å². The number of halogens is 1. The van der Waals surface area contributed by atoms with Crippen molar-refractivity contribution in [2.75, 3.05) is 11.6 Å². The molecule has 4 N–H and O–H groups in total. The van der Waals surface area contributed by atoms with E-state index >= 15 is 0 Å². The number of imidazole rings is 1. The molecular weight excluding hydrogens is 595 g/mol. The molecule has 228 valence electrons. The van der Waals surface area contributed by atoms with E-state index in [0.29, 0.717) is 45.1 Å². The number of benzene rings is 2. The molecule has 2 aromatic carbocycles. The molecule has 0 spiro atoms. The average Bonchev–Trinajstić information content (AvgIpc) is 3.79. The fourth-order valence-corrected chi connectivity index (χ4v) is 6.28. The van der Waals surface area contributed by atoms with Crippen LogP contribution in [0.5, 0.6) is 0 Å². The molecule has 1 aliphatic carbocycles. The number of sulfonamides is 1. The van der Waals surface area contributed by atoms with Crippen LogP contribution in [0.25, 0.3) is 55.8 Å². The van der Waals surface area contributed by atoms with Gasteiger partial charge in [-0.1, -0.05) is 18.9 Å². The van der Waals surface area contributed by atoms with Crippen molar-refractivity contribution in [3.63, 3.8) is 0 Å². The number of fused-ring (bicyclic) bond motifs is 2. The van der Waals surface area contributed by atoms with E-state index in [4.69, 9.17) is 4.98 Å². The first-order valence-corrected chi connectivity index (χ1v) is 16.4. The Morgan fingerprint density at radius 3 is 2.69 bits per heavy atom. The molecule has 4 heterocycles. The topological polar surface area (TPSA) is 158 Å². The summed E-state index contributed by atoms with van der Waals surface area (Å²) in [6, 6.07) is 13.9. The van der Waals surface area contributed by atoms with Gasteiger partial charge in [0.2, 0.25) is 15.9 Å². The zero-order chi connectivity index (χ0) is 31.1. The van der Waals surface area contributed by atoms with Crippen molar-refractivity contribution in [2.45, 2.75) is 32.2 Å². The summed E-state index contributed by atoms with van der Waals surface area (Å²) in [6.45, 7) is -0.0451. The van der Waals surface area contributed by atoms with Gasteiger partial charge < -0.3 is 10.3 Å². The number of nitrogens with one attached hydrogen (secondary N) is 4. The third-order valence-corrected chi connectivity index (χ3v) is 8.71. The van der Waals surface area contributed by atoms with Crippen molar-refractivity contribution in [1.82, 2.24) is 34.9 Å². The van der Waals surface area contributed by atoms with Gasteiger partial charge in [-0.15, -0.1) is 0 Å². The van der Waals surface area contributed by atoms with Gasteiger partial charge in [-0.3, -0.25) is 14.9 Å². The number of anilines is 1. The number of aromatic amines is 2. The number of carbonyl (C=O) groups is 1. The summed E-state index contributed by atoms with van der Waals surface area (Å²) in [5.41, 5.74) is 6.40. The van der Waals surface area contributed by atoms with Gasteiger partial charge in [0.05, 0.1) is 23.7 Å². The highest BCUT2D eigenvalue weighted by Gasteiger charge is 2.23. The van der Waals surface area contributed by atoms with Crippen LogP contribution in [-0.2, 0) is 21.4 Å². The third kappa shape index (κ3) is 6.04. The average molecular weight is 625 g/mol. The Bertz CT molecular complexity index is 2190. The second kappa shape index (κ2) is 11.5. The maximum Gasteiger partial charge on any atom is 0.227 e. The monoisotopic (exact) mass is 624 g/mol. The maximum atomic E-state index is 14.6. The molecule has 1 fully saturated rings. The lowest BCUT2D eigenvalue weighted by Gasteiger charge is -2.11. The van der Waals surface area contributed by atoms with Gasteiger partial charge in [0.1, 0.15) is 17.0 Å². The van der Waals surface area contributed by atoms with Crippen molar-refractivity contribution >= 4 is 43.7 Å². The first-order chi connectivity index (χ1) is 21.7. The largest absolute Gasteiger partial charge is 0.324 e. The van der Waals surface area contributed by atoms with Crippen LogP contribution in [0.4, 0.5) is 10.1 Å². The molecule has 0 aliphatic heterocycles. The van der Waals surface area contributed by atoms with Crippen LogP contribution in [0.3, 0.4) is 0 Å². The Morgan fingerprint density at radius 2 is 1.87 bits per heavy atom. The summed E-state index contributed by atoms with van der Waals surface area (Å²) >= 11 is 0. The number of rotatable bonds is 8. The van der Waals surface area contributed by atoms with Gasteiger partial charge in [-0.05, 0) is 72.0 Å². The first-order valence-electron chi connectivity index (χ1n) is 14.5. The highest BCUT2D eigenvalue weighted by atomic mass is 32.2. The van der Waals surface area contributed by atoms with Crippen molar-refractivity contribution in [1.29, 1.82) is 0 Å². The summed E-state index contributed by atoms with van der Waals surface area (Å²) in [6.07, 6.45) is 10.1. The van der Waals surface area contributed by atoms with Crippen LogP contribution in [0.2, 0.25) is 0 Å². The predicted molar refractivity (Wildman–Crippen MR) is 170 cm³/mol. The number of aromatic nitrogens is 6. The van der Waals surface area contributed by atoms with Crippen molar-refractivity contribution in [3.8, 4) is 33.8 Å². The number of hydrogen-bond acceptors (Lipinski definition) is 7. The molecule has 1 aliphatic rings. The standard InChI is InChI=1S/C32H29FN8O3S/c1-45(43,44)36-15-18-10-21(12-23(33)11-18)25-8-9-35-30-28(25)38-31(39-30)29-26-14-20(6-7-27(26)40-41-29)22-13-24(17-34-16-22)37-32(42)19-4-2-3-5-19/h6-14,16-17,19,36H,2-5,15H2,1H3,(H,37,42)(H,40,41)(H,35,38,39). The smallest absolute Gasteiger partial charge is 0.227 e. The Balaban J connectivity index is 1.22. The SMILES string of the molecule is CS(=O)(=O)NCc1cc(F)cc(-c2ccnc3[nH]c(-c4n[nH]c5ccc(-c6cncc(NC(=O)C7CCCC7)c6)cc45)nc23)c1. The van der Waals surface area contributed by atoms with E-state index in [1.807, 2.05) is 24.3 Å². The number of H-pyrrole nitrogens is 2. The Kier molecular flexibility index (Phi) is 7.34. The molecule has 0 saturated heterocycles. The van der Waals surface area contributed by atoms with Gasteiger partial charge >= 0.3 is 0 Å². The van der Waals surface area contributed by atoms with Gasteiger partial charge in [0.25, 0.3) is 0 Å². The molecule has 6 aromatic rings. The second-order valence-corrected chi connectivity index (χ2v) is 13.2. The quantitative estimate of drug-likeness (QED) is 0.173. The lowest BCUT2D eigenvalue weighted by molar-refractivity contribution is -0.119. The molecule has 1 amide bonds. The zero-order valence-electron chi connectivity index (χ0n) is 24.3. The van der Waals surface area contributed by atoms with E-state index in [0.717, 1.165) is 54.0 Å². The predicted octanol–water partition coefficient (Wildman–Crippen LogP) is 5.55. The molecule has 4 aromatic heterocycles. The summed E-state index contributed by atoms with van der Waals surface area (Å²) in [4.78, 5) is 29.5. The van der Waals surface area contributed by atoms with E-state index < -0.39 is 15.8 Å². The van der Waals surface area contributed by atoms with E-state index in [9.17, 15) is 17.6 Å². The molecule has 0 atom stereocenters. The van der Waals surface area contributed by atoms with Gasteiger partial charge in [-0.25, -0.2) is 27.5 Å². The second-order valence-electron chi connectivity index (χ2n) is 11.3. The Labute approximate surface area is 257 Å². The Hall–Kier alpha value is -5.01. The van der Waals surface area contributed by atoms with Crippen molar-refractivity contribution in [3.05, 3.63) is 78.5 Å². The molecule has 13 heteroatoms. The van der Waals surface area contributed by atoms with E-state index in [1.165, 1.54) is 12.1 Å². The number of pyridine rings is 2. The summed E-state index contributed by atoms with van der Waals surface area (Å²) < 4.78 is 40.2. The normalized spacial score (nSPS) is 14.0. The summed E-state index contributed by atoms with van der Waals surface area (Å²) in [7, 11) is -3.45.